The van der Waals surface area contributed by atoms with Gasteiger partial charge in [-0.05, 0) is 0 Å². The molecular formula is C17H24O10. The second-order valence-electron chi connectivity index (χ2n) is 5.69. The van der Waals surface area contributed by atoms with Gasteiger partial charge in [-0.3, -0.25) is 19.2 Å². The summed E-state index contributed by atoms with van der Waals surface area (Å²) in [6.45, 7) is 7.89. The van der Waals surface area contributed by atoms with E-state index in [1.54, 1.807) is 0 Å². The Balaban J connectivity index is 3.24. The second-order valence-corrected chi connectivity index (χ2v) is 5.69. The van der Waals surface area contributed by atoms with Crippen molar-refractivity contribution in [3.8, 4) is 0 Å². The highest BCUT2D eigenvalue weighted by Gasteiger charge is 2.52. The lowest BCUT2D eigenvalue weighted by atomic mass is 9.98. The van der Waals surface area contributed by atoms with Gasteiger partial charge < -0.3 is 28.4 Å². The average molecular weight is 388 g/mol. The van der Waals surface area contributed by atoms with Gasteiger partial charge in [0.2, 0.25) is 6.29 Å². The largest absolute Gasteiger partial charge is 0.463 e. The predicted octanol–water partition coefficient (Wildman–Crippen LogP) is 0.272. The number of carbonyl (C=O) groups excluding carboxylic acids is 4. The minimum Gasteiger partial charge on any atom is -0.463 e. The van der Waals surface area contributed by atoms with Crippen molar-refractivity contribution < 1.29 is 47.6 Å². The Morgan fingerprint density at radius 2 is 1.41 bits per heavy atom. The van der Waals surface area contributed by atoms with E-state index < -0.39 is 54.6 Å². The molecule has 152 valence electrons. The molecule has 0 spiro atoms. The van der Waals surface area contributed by atoms with E-state index in [1.165, 1.54) is 13.0 Å². The van der Waals surface area contributed by atoms with Crippen LogP contribution in [0.25, 0.3) is 0 Å². The quantitative estimate of drug-likeness (QED) is 0.325. The molecule has 10 nitrogen and oxygen atoms in total. The molecule has 0 N–H and O–H groups in total. The third-order valence-corrected chi connectivity index (χ3v) is 3.33. The molecule has 0 bridgehead atoms. The zero-order valence-electron chi connectivity index (χ0n) is 15.7. The highest BCUT2D eigenvalue weighted by atomic mass is 16.7. The molecule has 0 aromatic heterocycles. The number of rotatable bonds is 8. The standard InChI is InChI=1S/C17H24O10/c1-6-7-22-16-15(25-11(4)20)14(24-10(3)19)13(8-23-9(2)18)27-17(16)26-12(5)21/h6,13-17H,1,7-8H2,2-5H3/t13-,14+,15+,16-,17+/m1/s1. The van der Waals surface area contributed by atoms with E-state index in [1.807, 2.05) is 0 Å². The molecule has 0 unspecified atom stereocenters. The van der Waals surface area contributed by atoms with Gasteiger partial charge in [-0.15, -0.1) is 6.58 Å². The molecule has 1 fully saturated rings. The summed E-state index contributed by atoms with van der Waals surface area (Å²) in [5.41, 5.74) is 0. The molecule has 10 heteroatoms. The van der Waals surface area contributed by atoms with E-state index in [2.05, 4.69) is 6.58 Å². The van der Waals surface area contributed by atoms with E-state index in [-0.39, 0.29) is 13.2 Å². The topological polar surface area (TPSA) is 124 Å². The minimum absolute atomic E-state index is 0.0188. The van der Waals surface area contributed by atoms with Crippen LogP contribution >= 0.6 is 0 Å². The second kappa shape index (κ2) is 10.6. The van der Waals surface area contributed by atoms with Gasteiger partial charge in [-0.2, -0.15) is 0 Å². The highest BCUT2D eigenvalue weighted by molar-refractivity contribution is 5.68. The molecule has 5 atom stereocenters. The maximum Gasteiger partial charge on any atom is 0.305 e. The van der Waals surface area contributed by atoms with Gasteiger partial charge in [0.15, 0.2) is 18.3 Å². The summed E-state index contributed by atoms with van der Waals surface area (Å²) in [5.74, 6) is -2.63. The number of carbonyl (C=O) groups is 4. The molecule has 27 heavy (non-hydrogen) atoms. The molecule has 0 radical (unpaired) electrons. The van der Waals surface area contributed by atoms with Gasteiger partial charge in [-0.25, -0.2) is 0 Å². The van der Waals surface area contributed by atoms with Crippen LogP contribution in [0.1, 0.15) is 27.7 Å². The molecule has 0 amide bonds. The van der Waals surface area contributed by atoms with E-state index in [9.17, 15) is 19.2 Å². The van der Waals surface area contributed by atoms with Crippen molar-refractivity contribution in [3.05, 3.63) is 12.7 Å². The molecule has 1 rings (SSSR count). The maximum absolute atomic E-state index is 11.6. The van der Waals surface area contributed by atoms with Gasteiger partial charge in [0, 0.05) is 27.7 Å². The van der Waals surface area contributed by atoms with Gasteiger partial charge in [-0.1, -0.05) is 6.08 Å². The van der Waals surface area contributed by atoms with Crippen molar-refractivity contribution in [1.82, 2.24) is 0 Å². The number of hydrogen-bond acceptors (Lipinski definition) is 10. The average Bonchev–Trinajstić information content (AvgIpc) is 2.53. The Morgan fingerprint density at radius 1 is 0.852 bits per heavy atom. The summed E-state index contributed by atoms with van der Waals surface area (Å²) in [6.07, 6.45) is -4.36. The molecule has 0 aliphatic carbocycles. The monoisotopic (exact) mass is 388 g/mol. The van der Waals surface area contributed by atoms with E-state index >= 15 is 0 Å². The third-order valence-electron chi connectivity index (χ3n) is 3.33. The zero-order valence-corrected chi connectivity index (χ0v) is 15.7. The Hall–Kier alpha value is -2.46. The molecule has 1 heterocycles. The maximum atomic E-state index is 11.6. The van der Waals surface area contributed by atoms with Crippen LogP contribution in [-0.4, -0.2) is 67.8 Å². The van der Waals surface area contributed by atoms with Crippen LogP contribution in [0.2, 0.25) is 0 Å². The number of hydrogen-bond donors (Lipinski definition) is 0. The van der Waals surface area contributed by atoms with Crippen molar-refractivity contribution in [1.29, 1.82) is 0 Å². The van der Waals surface area contributed by atoms with E-state index in [0.717, 1.165) is 20.8 Å². The molecule has 0 aromatic carbocycles. The van der Waals surface area contributed by atoms with Crippen LogP contribution in [0.5, 0.6) is 0 Å². The summed E-state index contributed by atoms with van der Waals surface area (Å²) in [5, 5.41) is 0. The normalized spacial score (nSPS) is 27.2. The van der Waals surface area contributed by atoms with Crippen molar-refractivity contribution in [2.24, 2.45) is 0 Å². The smallest absolute Gasteiger partial charge is 0.305 e. The fourth-order valence-electron chi connectivity index (χ4n) is 2.49. The Labute approximate surface area is 156 Å². The Bertz CT molecular complexity index is 572. The summed E-state index contributed by atoms with van der Waals surface area (Å²) in [7, 11) is 0. The predicted molar refractivity (Wildman–Crippen MR) is 88.1 cm³/mol. The molecule has 1 aliphatic heterocycles. The van der Waals surface area contributed by atoms with Crippen molar-refractivity contribution >= 4 is 23.9 Å². The van der Waals surface area contributed by atoms with Crippen LogP contribution in [0.4, 0.5) is 0 Å². The molecule has 1 aliphatic rings. The number of ether oxygens (including phenoxy) is 6. The van der Waals surface area contributed by atoms with Gasteiger partial charge in [0.1, 0.15) is 12.7 Å². The number of esters is 4. The summed E-state index contributed by atoms with van der Waals surface area (Å²) < 4.78 is 31.7. The molecule has 0 aromatic rings. The first-order chi connectivity index (χ1) is 12.6. The van der Waals surface area contributed by atoms with Crippen LogP contribution in [0.3, 0.4) is 0 Å². The first kappa shape index (κ1) is 22.6. The fourth-order valence-corrected chi connectivity index (χ4v) is 2.49. The lowest BCUT2D eigenvalue weighted by molar-refractivity contribution is -0.303. The minimum atomic E-state index is -1.29. The van der Waals surface area contributed by atoms with E-state index in [0.29, 0.717) is 0 Å². The Morgan fingerprint density at radius 3 is 1.89 bits per heavy atom. The van der Waals surface area contributed by atoms with Gasteiger partial charge >= 0.3 is 23.9 Å². The molecule has 0 saturated carbocycles. The van der Waals surface area contributed by atoms with Crippen molar-refractivity contribution in [2.75, 3.05) is 13.2 Å². The summed E-state index contributed by atoms with van der Waals surface area (Å²) in [4.78, 5) is 45.7. The lowest BCUT2D eigenvalue weighted by Gasteiger charge is -2.43. The van der Waals surface area contributed by atoms with Crippen molar-refractivity contribution in [3.63, 3.8) is 0 Å². The van der Waals surface area contributed by atoms with Gasteiger partial charge in [0.25, 0.3) is 0 Å². The molecule has 1 saturated heterocycles. The van der Waals surface area contributed by atoms with Gasteiger partial charge in [0.05, 0.1) is 6.61 Å². The summed E-state index contributed by atoms with van der Waals surface area (Å²) >= 11 is 0. The zero-order chi connectivity index (χ0) is 20.6. The fraction of sp³-hybridized carbons (Fsp3) is 0.647. The van der Waals surface area contributed by atoms with Crippen LogP contribution in [0.15, 0.2) is 12.7 Å². The SMILES string of the molecule is C=CCO[C@H]1[C@@H](OC(C)=O)O[C@H](COC(C)=O)[C@H](OC(C)=O)[C@@H]1OC(C)=O. The Kier molecular flexibility index (Phi) is 8.89. The van der Waals surface area contributed by atoms with E-state index in [4.69, 9.17) is 28.4 Å². The van der Waals surface area contributed by atoms with Crippen LogP contribution in [0, 0.1) is 0 Å². The van der Waals surface area contributed by atoms with Crippen LogP contribution in [-0.2, 0) is 47.6 Å². The third kappa shape index (κ3) is 7.35. The van der Waals surface area contributed by atoms with Crippen LogP contribution < -0.4 is 0 Å². The highest BCUT2D eigenvalue weighted by Crippen LogP contribution is 2.29. The first-order valence-corrected chi connectivity index (χ1v) is 8.18. The first-order valence-electron chi connectivity index (χ1n) is 8.18. The molecular weight excluding hydrogens is 364 g/mol. The van der Waals surface area contributed by atoms with Crippen molar-refractivity contribution in [2.45, 2.75) is 58.4 Å². The lowest BCUT2D eigenvalue weighted by Crippen LogP contribution is -2.62. The summed E-state index contributed by atoms with van der Waals surface area (Å²) in [6, 6.07) is 0.